The van der Waals surface area contributed by atoms with E-state index in [0.29, 0.717) is 0 Å². The van der Waals surface area contributed by atoms with Crippen LogP contribution in [-0.4, -0.2) is 15.6 Å². The van der Waals surface area contributed by atoms with Crippen LogP contribution in [-0.2, 0) is 4.79 Å². The summed E-state index contributed by atoms with van der Waals surface area (Å²) in [6.07, 6.45) is 3.39. The molecule has 0 spiro atoms. The van der Waals surface area contributed by atoms with Crippen LogP contribution in [0.2, 0.25) is 0 Å². The Morgan fingerprint density at radius 1 is 1.22 bits per heavy atom. The van der Waals surface area contributed by atoms with Crippen molar-refractivity contribution < 1.29 is 4.79 Å². The van der Waals surface area contributed by atoms with E-state index in [1.54, 1.807) is 16.9 Å². The molecule has 2 heterocycles. The van der Waals surface area contributed by atoms with Crippen molar-refractivity contribution in [2.75, 3.05) is 5.43 Å². The minimum absolute atomic E-state index is 0.0576. The molecule has 0 fully saturated rings. The average Bonchev–Trinajstić information content (AvgIpc) is 3.10. The number of para-hydroxylation sites is 1. The summed E-state index contributed by atoms with van der Waals surface area (Å²) in [5.41, 5.74) is 6.39. The second kappa shape index (κ2) is 5.85. The average molecular weight is 304 g/mol. The van der Waals surface area contributed by atoms with Crippen LogP contribution < -0.4 is 5.43 Å². The molecule has 0 saturated heterocycles. The Kier molecular flexibility index (Phi) is 3.73. The van der Waals surface area contributed by atoms with E-state index in [4.69, 9.17) is 0 Å². The monoisotopic (exact) mass is 304 g/mol. The second-order valence-corrected chi connectivity index (χ2v) is 5.35. The van der Waals surface area contributed by atoms with Crippen molar-refractivity contribution in [1.82, 2.24) is 9.66 Å². The summed E-state index contributed by atoms with van der Waals surface area (Å²) in [6.45, 7) is 3.78. The number of fused-ring (bicyclic) bond motifs is 1. The molecule has 0 atom stereocenters. The molecule has 0 radical (unpaired) electrons. The van der Waals surface area contributed by atoms with E-state index < -0.39 is 5.91 Å². The second-order valence-electron chi connectivity index (χ2n) is 5.35. The first kappa shape index (κ1) is 14.7. The Bertz CT molecular complexity index is 933. The third-order valence-corrected chi connectivity index (χ3v) is 3.77. The third kappa shape index (κ3) is 2.74. The lowest BCUT2D eigenvalue weighted by Gasteiger charge is -2.10. The Labute approximate surface area is 133 Å². The zero-order valence-electron chi connectivity index (χ0n) is 12.9. The maximum atomic E-state index is 12.4. The minimum Gasteiger partial charge on any atom is -0.361 e. The van der Waals surface area contributed by atoms with Gasteiger partial charge in [0.1, 0.15) is 11.6 Å². The van der Waals surface area contributed by atoms with E-state index in [9.17, 15) is 10.1 Å². The SMILES string of the molecule is Cc1ccc(C)n1NC(=O)/C(C#N)=C\c1c[nH]c2ccccc12. The largest absolute Gasteiger partial charge is 0.361 e. The van der Waals surface area contributed by atoms with Crippen LogP contribution in [0.5, 0.6) is 0 Å². The lowest BCUT2D eigenvalue weighted by atomic mass is 10.1. The molecule has 1 amide bonds. The molecule has 1 aromatic carbocycles. The number of aromatic amines is 1. The molecule has 2 aromatic heterocycles. The Balaban J connectivity index is 1.93. The summed E-state index contributed by atoms with van der Waals surface area (Å²) in [7, 11) is 0. The summed E-state index contributed by atoms with van der Waals surface area (Å²) < 4.78 is 1.67. The molecule has 0 aliphatic carbocycles. The molecule has 0 aliphatic rings. The van der Waals surface area contributed by atoms with Crippen LogP contribution in [0.1, 0.15) is 17.0 Å². The first-order valence-corrected chi connectivity index (χ1v) is 7.24. The fourth-order valence-corrected chi connectivity index (χ4v) is 2.52. The summed E-state index contributed by atoms with van der Waals surface area (Å²) in [5.74, 6) is -0.430. The summed E-state index contributed by atoms with van der Waals surface area (Å²) >= 11 is 0. The molecule has 23 heavy (non-hydrogen) atoms. The number of benzene rings is 1. The van der Waals surface area contributed by atoms with Gasteiger partial charge in [0, 0.05) is 34.1 Å². The van der Waals surface area contributed by atoms with Crippen LogP contribution in [0.15, 0.2) is 48.2 Å². The van der Waals surface area contributed by atoms with Crippen LogP contribution in [0.4, 0.5) is 0 Å². The van der Waals surface area contributed by atoms with Crippen molar-refractivity contribution in [3.63, 3.8) is 0 Å². The highest BCUT2D eigenvalue weighted by Crippen LogP contribution is 2.20. The number of aromatic nitrogens is 2. The van der Waals surface area contributed by atoms with Gasteiger partial charge >= 0.3 is 0 Å². The molecule has 0 aliphatic heterocycles. The van der Waals surface area contributed by atoms with Crippen molar-refractivity contribution in [2.45, 2.75) is 13.8 Å². The molecule has 3 rings (SSSR count). The van der Waals surface area contributed by atoms with E-state index in [2.05, 4.69) is 10.4 Å². The number of nitrogens with zero attached hydrogens (tertiary/aromatic N) is 2. The summed E-state index contributed by atoms with van der Waals surface area (Å²) in [5, 5.41) is 10.3. The van der Waals surface area contributed by atoms with E-state index >= 15 is 0 Å². The number of rotatable bonds is 3. The predicted molar refractivity (Wildman–Crippen MR) is 90.2 cm³/mol. The highest BCUT2D eigenvalue weighted by atomic mass is 16.2. The third-order valence-electron chi connectivity index (χ3n) is 3.77. The Hall–Kier alpha value is -3.26. The zero-order chi connectivity index (χ0) is 16.4. The first-order chi connectivity index (χ1) is 11.1. The Morgan fingerprint density at radius 3 is 2.61 bits per heavy atom. The van der Waals surface area contributed by atoms with Crippen molar-refractivity contribution in [3.05, 3.63) is 65.1 Å². The van der Waals surface area contributed by atoms with E-state index in [1.807, 2.05) is 56.3 Å². The number of carbonyl (C=O) groups excluding carboxylic acids is 1. The van der Waals surface area contributed by atoms with Gasteiger partial charge in [-0.05, 0) is 38.1 Å². The van der Waals surface area contributed by atoms with Gasteiger partial charge in [-0.1, -0.05) is 18.2 Å². The van der Waals surface area contributed by atoms with E-state index in [0.717, 1.165) is 27.9 Å². The van der Waals surface area contributed by atoms with Gasteiger partial charge in [0.25, 0.3) is 5.91 Å². The smallest absolute Gasteiger partial charge is 0.280 e. The molecule has 114 valence electrons. The molecule has 5 heteroatoms. The van der Waals surface area contributed by atoms with Gasteiger partial charge in [0.2, 0.25) is 0 Å². The number of H-pyrrole nitrogens is 1. The van der Waals surface area contributed by atoms with Gasteiger partial charge in [-0.25, -0.2) is 0 Å². The predicted octanol–water partition coefficient (Wildman–Crippen LogP) is 3.26. The fourth-order valence-electron chi connectivity index (χ4n) is 2.52. The maximum Gasteiger partial charge on any atom is 0.280 e. The van der Waals surface area contributed by atoms with E-state index in [1.165, 1.54) is 0 Å². The molecule has 0 bridgehead atoms. The van der Waals surface area contributed by atoms with Crippen molar-refractivity contribution in [3.8, 4) is 6.07 Å². The zero-order valence-corrected chi connectivity index (χ0v) is 12.9. The summed E-state index contributed by atoms with van der Waals surface area (Å²) in [6, 6.07) is 13.5. The number of hydrogen-bond acceptors (Lipinski definition) is 2. The van der Waals surface area contributed by atoms with Crippen molar-refractivity contribution in [1.29, 1.82) is 5.26 Å². The van der Waals surface area contributed by atoms with Gasteiger partial charge < -0.3 is 4.98 Å². The maximum absolute atomic E-state index is 12.4. The molecule has 0 unspecified atom stereocenters. The number of nitriles is 1. The van der Waals surface area contributed by atoms with Gasteiger partial charge in [0.15, 0.2) is 0 Å². The minimum atomic E-state index is -0.430. The highest BCUT2D eigenvalue weighted by Gasteiger charge is 2.12. The Morgan fingerprint density at radius 2 is 1.91 bits per heavy atom. The molecule has 2 N–H and O–H groups in total. The van der Waals surface area contributed by atoms with Gasteiger partial charge in [-0.2, -0.15) is 5.26 Å². The molecular formula is C18H16N4O. The number of carbonyl (C=O) groups is 1. The fraction of sp³-hybridized carbons (Fsp3) is 0.111. The molecule has 5 nitrogen and oxygen atoms in total. The lowest BCUT2D eigenvalue weighted by molar-refractivity contribution is -0.113. The number of nitrogens with one attached hydrogen (secondary N) is 2. The standard InChI is InChI=1S/C18H16N4O/c1-12-7-8-13(2)22(12)21-18(23)14(10-19)9-15-11-20-17-6-4-3-5-16(15)17/h3-9,11,20H,1-2H3,(H,21,23)/b14-9-. The van der Waals surface area contributed by atoms with Crippen LogP contribution in [0.3, 0.4) is 0 Å². The van der Waals surface area contributed by atoms with Crippen molar-refractivity contribution >= 4 is 22.9 Å². The van der Waals surface area contributed by atoms with Gasteiger partial charge in [0.05, 0.1) is 0 Å². The first-order valence-electron chi connectivity index (χ1n) is 7.24. The molecule has 0 saturated carbocycles. The normalized spacial score (nSPS) is 11.4. The van der Waals surface area contributed by atoms with Crippen LogP contribution in [0.25, 0.3) is 17.0 Å². The molecule has 3 aromatic rings. The van der Waals surface area contributed by atoms with Gasteiger partial charge in [-0.15, -0.1) is 0 Å². The van der Waals surface area contributed by atoms with E-state index in [-0.39, 0.29) is 5.57 Å². The van der Waals surface area contributed by atoms with Crippen molar-refractivity contribution in [2.24, 2.45) is 0 Å². The highest BCUT2D eigenvalue weighted by molar-refractivity contribution is 6.07. The number of aryl methyl sites for hydroxylation is 2. The number of amides is 1. The summed E-state index contributed by atoms with van der Waals surface area (Å²) in [4.78, 5) is 15.5. The lowest BCUT2D eigenvalue weighted by Crippen LogP contribution is -2.25. The number of hydrogen-bond donors (Lipinski definition) is 2. The van der Waals surface area contributed by atoms with Crippen LogP contribution >= 0.6 is 0 Å². The molecular weight excluding hydrogens is 288 g/mol. The van der Waals surface area contributed by atoms with Gasteiger partial charge in [-0.3, -0.25) is 14.9 Å². The quantitative estimate of drug-likeness (QED) is 0.576. The topological polar surface area (TPSA) is 73.6 Å². The van der Waals surface area contributed by atoms with Crippen LogP contribution in [0, 0.1) is 25.2 Å².